The number of nitrogens with one attached hydrogen (secondary N) is 3. The summed E-state index contributed by atoms with van der Waals surface area (Å²) in [6, 6.07) is 0.278. The van der Waals surface area contributed by atoms with Gasteiger partial charge in [0.15, 0.2) is 0 Å². The molecular weight excluding hydrogens is 260 g/mol. The van der Waals surface area contributed by atoms with E-state index in [0.29, 0.717) is 38.0 Å². The fourth-order valence-corrected chi connectivity index (χ4v) is 1.34. The van der Waals surface area contributed by atoms with Gasteiger partial charge in [0.2, 0.25) is 17.8 Å². The van der Waals surface area contributed by atoms with Crippen LogP contribution in [0.4, 0.5) is 11.9 Å². The molecule has 0 aliphatic carbocycles. The first-order valence-electron chi connectivity index (χ1n) is 6.76. The summed E-state index contributed by atoms with van der Waals surface area (Å²) >= 11 is 0. The van der Waals surface area contributed by atoms with E-state index in [4.69, 9.17) is 4.74 Å². The second-order valence-electron chi connectivity index (χ2n) is 3.99. The quantitative estimate of drug-likeness (QED) is 0.611. The number of hydrogen-bond donors (Lipinski definition) is 3. The molecule has 0 bridgehead atoms. The van der Waals surface area contributed by atoms with E-state index in [1.807, 2.05) is 13.8 Å². The molecule has 0 atom stereocenters. The molecule has 3 N–H and O–H groups in total. The number of aromatic nitrogens is 3. The lowest BCUT2D eigenvalue weighted by molar-refractivity contribution is -0.120. The molecule has 112 valence electrons. The maximum atomic E-state index is 11.1. The van der Waals surface area contributed by atoms with Crippen LogP contribution in [0.2, 0.25) is 0 Å². The minimum atomic E-state index is -0.0408. The zero-order chi connectivity index (χ0) is 14.8. The van der Waals surface area contributed by atoms with Gasteiger partial charge in [0.1, 0.15) is 0 Å². The number of carbonyl (C=O) groups is 1. The smallest absolute Gasteiger partial charge is 0.323 e. The molecule has 1 aromatic rings. The fraction of sp³-hybridized carbons (Fsp3) is 0.667. The molecule has 20 heavy (non-hydrogen) atoms. The van der Waals surface area contributed by atoms with Crippen LogP contribution < -0.4 is 20.7 Å². The average Bonchev–Trinajstić information content (AvgIpc) is 2.45. The maximum absolute atomic E-state index is 11.1. The molecule has 0 saturated carbocycles. The summed E-state index contributed by atoms with van der Waals surface area (Å²) in [5.74, 6) is 0.808. The zero-order valence-electron chi connectivity index (χ0n) is 12.2. The Morgan fingerprint density at radius 1 is 1.15 bits per heavy atom. The van der Waals surface area contributed by atoms with Gasteiger partial charge in [-0.05, 0) is 13.3 Å². The van der Waals surface area contributed by atoms with Crippen molar-refractivity contribution in [3.63, 3.8) is 0 Å². The summed E-state index contributed by atoms with van der Waals surface area (Å²) in [5.41, 5.74) is 0. The number of hydrogen-bond acceptors (Lipinski definition) is 7. The molecule has 1 rings (SSSR count). The minimum absolute atomic E-state index is 0.0408. The van der Waals surface area contributed by atoms with Crippen molar-refractivity contribution in [1.29, 1.82) is 0 Å². The van der Waals surface area contributed by atoms with Gasteiger partial charge in [-0.3, -0.25) is 4.79 Å². The predicted octanol–water partition coefficient (Wildman–Crippen LogP) is 0.640. The van der Waals surface area contributed by atoms with Gasteiger partial charge < -0.3 is 20.7 Å². The van der Waals surface area contributed by atoms with E-state index >= 15 is 0 Å². The first kappa shape index (κ1) is 15.9. The van der Waals surface area contributed by atoms with Crippen LogP contribution in [0.15, 0.2) is 0 Å². The van der Waals surface area contributed by atoms with Crippen LogP contribution in [0.3, 0.4) is 0 Å². The molecule has 0 spiro atoms. The summed E-state index contributed by atoms with van der Waals surface area (Å²) in [7, 11) is 1.60. The molecular formula is C12H22N6O2. The zero-order valence-corrected chi connectivity index (χ0v) is 12.2. The average molecular weight is 282 g/mol. The summed E-state index contributed by atoms with van der Waals surface area (Å²) in [6.45, 7) is 5.66. The van der Waals surface area contributed by atoms with Gasteiger partial charge >= 0.3 is 6.01 Å². The second-order valence-corrected chi connectivity index (χ2v) is 3.99. The van der Waals surface area contributed by atoms with Crippen molar-refractivity contribution >= 4 is 17.8 Å². The van der Waals surface area contributed by atoms with E-state index in [-0.39, 0.29) is 11.9 Å². The van der Waals surface area contributed by atoms with E-state index in [1.54, 1.807) is 7.05 Å². The van der Waals surface area contributed by atoms with Gasteiger partial charge in [-0.1, -0.05) is 6.92 Å². The number of nitrogens with zero attached hydrogens (tertiary/aromatic N) is 3. The highest BCUT2D eigenvalue weighted by atomic mass is 16.5. The fourth-order valence-electron chi connectivity index (χ4n) is 1.34. The molecule has 0 radical (unpaired) electrons. The van der Waals surface area contributed by atoms with Gasteiger partial charge in [0, 0.05) is 26.6 Å². The Bertz CT molecular complexity index is 426. The molecule has 8 nitrogen and oxygen atoms in total. The lowest BCUT2D eigenvalue weighted by Crippen LogP contribution is -2.21. The van der Waals surface area contributed by atoms with Crippen LogP contribution in [0.25, 0.3) is 0 Å². The first-order chi connectivity index (χ1) is 9.69. The molecule has 0 saturated heterocycles. The highest BCUT2D eigenvalue weighted by Gasteiger charge is 2.07. The van der Waals surface area contributed by atoms with Crippen LogP contribution in [-0.4, -0.2) is 47.6 Å². The van der Waals surface area contributed by atoms with Crippen molar-refractivity contribution in [2.45, 2.75) is 26.7 Å². The third kappa shape index (κ3) is 5.68. The first-order valence-corrected chi connectivity index (χ1v) is 6.76. The van der Waals surface area contributed by atoms with Crippen molar-refractivity contribution in [2.75, 3.05) is 37.4 Å². The number of ether oxygens (including phenoxy) is 1. The lowest BCUT2D eigenvalue weighted by atomic mass is 10.4. The molecule has 1 aromatic heterocycles. The van der Waals surface area contributed by atoms with Gasteiger partial charge in [-0.15, -0.1) is 0 Å². The SMILES string of the molecule is CCCOc1nc(NCC)nc(NCCC(=O)NC)n1. The van der Waals surface area contributed by atoms with Gasteiger partial charge in [-0.25, -0.2) is 0 Å². The highest BCUT2D eigenvalue weighted by Crippen LogP contribution is 2.11. The maximum Gasteiger partial charge on any atom is 0.323 e. The molecule has 8 heteroatoms. The Hall–Kier alpha value is -2.12. The topological polar surface area (TPSA) is 101 Å². The van der Waals surface area contributed by atoms with Crippen molar-refractivity contribution < 1.29 is 9.53 Å². The number of amides is 1. The normalized spacial score (nSPS) is 9.95. The van der Waals surface area contributed by atoms with Crippen molar-refractivity contribution in [3.05, 3.63) is 0 Å². The highest BCUT2D eigenvalue weighted by molar-refractivity contribution is 5.75. The van der Waals surface area contributed by atoms with Crippen LogP contribution in [0.1, 0.15) is 26.7 Å². The van der Waals surface area contributed by atoms with E-state index in [0.717, 1.165) is 6.42 Å². The molecule has 0 aliphatic heterocycles. The van der Waals surface area contributed by atoms with E-state index in [9.17, 15) is 4.79 Å². The largest absolute Gasteiger partial charge is 0.463 e. The van der Waals surface area contributed by atoms with Crippen LogP contribution in [0.5, 0.6) is 6.01 Å². The summed E-state index contributed by atoms with van der Waals surface area (Å²) in [4.78, 5) is 23.6. The number of carbonyl (C=O) groups excluding carboxylic acids is 1. The Kier molecular flexibility index (Phi) is 7.08. The Morgan fingerprint density at radius 2 is 1.85 bits per heavy atom. The van der Waals surface area contributed by atoms with Crippen molar-refractivity contribution in [3.8, 4) is 6.01 Å². The second kappa shape index (κ2) is 8.89. The minimum Gasteiger partial charge on any atom is -0.463 e. The van der Waals surface area contributed by atoms with Gasteiger partial charge in [-0.2, -0.15) is 15.0 Å². The molecule has 1 heterocycles. The summed E-state index contributed by atoms with van der Waals surface area (Å²) in [6.07, 6.45) is 1.23. The Balaban J connectivity index is 2.66. The van der Waals surface area contributed by atoms with Crippen LogP contribution >= 0.6 is 0 Å². The molecule has 0 aromatic carbocycles. The van der Waals surface area contributed by atoms with Gasteiger partial charge in [0.25, 0.3) is 0 Å². The third-order valence-corrected chi connectivity index (χ3v) is 2.30. The summed E-state index contributed by atoms with van der Waals surface area (Å²) < 4.78 is 5.41. The predicted molar refractivity (Wildman–Crippen MR) is 77.0 cm³/mol. The van der Waals surface area contributed by atoms with E-state index in [2.05, 4.69) is 30.9 Å². The molecule has 0 fully saturated rings. The third-order valence-electron chi connectivity index (χ3n) is 2.30. The number of rotatable bonds is 9. The monoisotopic (exact) mass is 282 g/mol. The molecule has 0 unspecified atom stereocenters. The Morgan fingerprint density at radius 3 is 2.45 bits per heavy atom. The van der Waals surface area contributed by atoms with E-state index in [1.165, 1.54) is 0 Å². The standard InChI is InChI=1S/C12H22N6O2/c1-4-8-20-12-17-10(14-5-2)16-11(18-12)15-7-6-9(19)13-3/h4-8H2,1-3H3,(H,13,19)(H2,14,15,16,17,18). The van der Waals surface area contributed by atoms with Crippen LogP contribution in [0, 0.1) is 0 Å². The summed E-state index contributed by atoms with van der Waals surface area (Å²) in [5, 5.41) is 8.55. The van der Waals surface area contributed by atoms with Crippen molar-refractivity contribution in [1.82, 2.24) is 20.3 Å². The van der Waals surface area contributed by atoms with Crippen LogP contribution in [-0.2, 0) is 4.79 Å². The van der Waals surface area contributed by atoms with Crippen molar-refractivity contribution in [2.24, 2.45) is 0 Å². The number of anilines is 2. The Labute approximate surface area is 118 Å². The molecule has 0 aliphatic rings. The molecule has 1 amide bonds. The van der Waals surface area contributed by atoms with Gasteiger partial charge in [0.05, 0.1) is 6.61 Å². The van der Waals surface area contributed by atoms with E-state index < -0.39 is 0 Å². The lowest BCUT2D eigenvalue weighted by Gasteiger charge is -2.09.